The van der Waals surface area contributed by atoms with Crippen molar-refractivity contribution in [2.45, 2.75) is 26.4 Å². The Morgan fingerprint density at radius 1 is 1.23 bits per heavy atom. The van der Waals surface area contributed by atoms with Crippen molar-refractivity contribution in [2.75, 3.05) is 12.4 Å². The fraction of sp³-hybridized carbons (Fsp3) is 0.278. The third-order valence-corrected chi connectivity index (χ3v) is 4.05. The Kier molecular flexibility index (Phi) is 5.58. The van der Waals surface area contributed by atoms with E-state index in [1.165, 1.54) is 11.1 Å². The maximum absolute atomic E-state index is 12.3. The van der Waals surface area contributed by atoms with Crippen LogP contribution >= 0.6 is 11.6 Å². The number of nitrogens with zero attached hydrogens (tertiary/aromatic N) is 1. The number of carbonyl (C=O) groups excluding carboxylic acids is 1. The molecule has 0 aliphatic heterocycles. The molecule has 1 N–H and O–H groups in total. The molecule has 1 amide bonds. The zero-order valence-electron chi connectivity index (χ0n) is 13.1. The van der Waals surface area contributed by atoms with Crippen LogP contribution < -0.4 is 5.32 Å². The minimum atomic E-state index is -0.237. The molecule has 116 valence electrons. The molecule has 3 nitrogen and oxygen atoms in total. The zero-order valence-corrected chi connectivity index (χ0v) is 13.9. The van der Waals surface area contributed by atoms with Crippen molar-refractivity contribution in [3.05, 3.63) is 64.7 Å². The predicted octanol–water partition coefficient (Wildman–Crippen LogP) is 4.11. The summed E-state index contributed by atoms with van der Waals surface area (Å²) in [6.45, 7) is 4.72. The van der Waals surface area contributed by atoms with Gasteiger partial charge in [0, 0.05) is 17.3 Å². The minimum Gasteiger partial charge on any atom is -0.325 e. The number of aryl methyl sites for hydroxylation is 1. The van der Waals surface area contributed by atoms with Gasteiger partial charge in [-0.05, 0) is 50.2 Å². The molecule has 0 aromatic heterocycles. The molecular formula is C18H21ClN2O. The molecule has 0 aliphatic carbocycles. The Morgan fingerprint density at radius 2 is 1.95 bits per heavy atom. The van der Waals surface area contributed by atoms with Gasteiger partial charge in [0.2, 0.25) is 5.91 Å². The van der Waals surface area contributed by atoms with E-state index in [2.05, 4.69) is 24.4 Å². The monoisotopic (exact) mass is 316 g/mol. The van der Waals surface area contributed by atoms with Crippen LogP contribution in [0, 0.1) is 6.92 Å². The van der Waals surface area contributed by atoms with Crippen LogP contribution in [0.3, 0.4) is 0 Å². The summed E-state index contributed by atoms with van der Waals surface area (Å²) in [5, 5.41) is 3.51. The quantitative estimate of drug-likeness (QED) is 0.900. The maximum Gasteiger partial charge on any atom is 0.241 e. The van der Waals surface area contributed by atoms with Crippen LogP contribution in [0.5, 0.6) is 0 Å². The summed E-state index contributed by atoms with van der Waals surface area (Å²) >= 11 is 5.93. The largest absolute Gasteiger partial charge is 0.325 e. The number of carbonyl (C=O) groups is 1. The molecule has 0 bridgehead atoms. The number of halogens is 1. The van der Waals surface area contributed by atoms with Gasteiger partial charge in [-0.3, -0.25) is 9.69 Å². The highest BCUT2D eigenvalue weighted by Gasteiger charge is 2.18. The van der Waals surface area contributed by atoms with Crippen molar-refractivity contribution in [3.63, 3.8) is 0 Å². The van der Waals surface area contributed by atoms with Crippen LogP contribution in [-0.2, 0) is 11.3 Å². The van der Waals surface area contributed by atoms with Gasteiger partial charge in [-0.1, -0.05) is 41.9 Å². The number of rotatable bonds is 5. The molecule has 1 atom stereocenters. The first kappa shape index (κ1) is 16.5. The Morgan fingerprint density at radius 3 is 2.64 bits per heavy atom. The van der Waals surface area contributed by atoms with Crippen molar-refractivity contribution < 1.29 is 4.79 Å². The second kappa shape index (κ2) is 7.43. The number of amides is 1. The first-order valence-electron chi connectivity index (χ1n) is 7.28. The molecule has 22 heavy (non-hydrogen) atoms. The molecule has 0 saturated carbocycles. The van der Waals surface area contributed by atoms with Crippen LogP contribution in [0.15, 0.2) is 48.5 Å². The van der Waals surface area contributed by atoms with Crippen LogP contribution in [0.25, 0.3) is 0 Å². The van der Waals surface area contributed by atoms with E-state index in [-0.39, 0.29) is 11.9 Å². The molecule has 2 aromatic rings. The van der Waals surface area contributed by atoms with Gasteiger partial charge in [-0.2, -0.15) is 0 Å². The Labute approximate surface area is 136 Å². The van der Waals surface area contributed by atoms with Crippen molar-refractivity contribution in [3.8, 4) is 0 Å². The second-order valence-corrected chi connectivity index (χ2v) is 5.95. The second-order valence-electron chi connectivity index (χ2n) is 5.52. The molecule has 0 saturated heterocycles. The molecule has 2 aromatic carbocycles. The highest BCUT2D eigenvalue weighted by molar-refractivity contribution is 6.30. The van der Waals surface area contributed by atoms with Gasteiger partial charge in [-0.25, -0.2) is 0 Å². The summed E-state index contributed by atoms with van der Waals surface area (Å²) in [4.78, 5) is 14.4. The molecule has 0 aliphatic rings. The van der Waals surface area contributed by atoms with Crippen LogP contribution in [0.4, 0.5) is 5.69 Å². The Balaban J connectivity index is 1.99. The molecule has 0 fully saturated rings. The predicted molar refractivity (Wildman–Crippen MR) is 92.2 cm³/mol. The molecule has 4 heteroatoms. The van der Waals surface area contributed by atoms with E-state index in [1.54, 1.807) is 12.1 Å². The molecule has 2 rings (SSSR count). The normalized spacial score (nSPS) is 12.2. The molecule has 0 heterocycles. The molecule has 0 spiro atoms. The number of likely N-dealkylation sites (N-methyl/N-ethyl adjacent to an activating group) is 1. The molecule has 0 radical (unpaired) electrons. The lowest BCUT2D eigenvalue weighted by atomic mass is 10.1. The SMILES string of the molecule is Cc1ccccc1CN(C)[C@@H](C)C(=O)Nc1cccc(Cl)c1. The number of anilines is 1. The van der Waals surface area contributed by atoms with E-state index in [0.717, 1.165) is 6.54 Å². The van der Waals surface area contributed by atoms with Crippen LogP contribution in [-0.4, -0.2) is 23.9 Å². The standard InChI is InChI=1S/C18H21ClN2O/c1-13-7-4-5-8-15(13)12-21(3)14(2)18(22)20-17-10-6-9-16(19)11-17/h4-11,14H,12H2,1-3H3,(H,20,22)/t14-/m0/s1. The Hall–Kier alpha value is -1.84. The lowest BCUT2D eigenvalue weighted by Crippen LogP contribution is -2.39. The van der Waals surface area contributed by atoms with Crippen molar-refractivity contribution in [2.24, 2.45) is 0 Å². The summed E-state index contributed by atoms with van der Waals surface area (Å²) in [6.07, 6.45) is 0. The maximum atomic E-state index is 12.3. The van der Waals surface area contributed by atoms with E-state index in [1.807, 2.05) is 43.1 Å². The third-order valence-electron chi connectivity index (χ3n) is 3.81. The number of nitrogens with one attached hydrogen (secondary N) is 1. The van der Waals surface area contributed by atoms with E-state index < -0.39 is 0 Å². The smallest absolute Gasteiger partial charge is 0.241 e. The highest BCUT2D eigenvalue weighted by Crippen LogP contribution is 2.16. The van der Waals surface area contributed by atoms with Gasteiger partial charge in [0.1, 0.15) is 0 Å². The van der Waals surface area contributed by atoms with Gasteiger partial charge in [0.05, 0.1) is 6.04 Å². The van der Waals surface area contributed by atoms with Crippen molar-refractivity contribution in [1.29, 1.82) is 0 Å². The highest BCUT2D eigenvalue weighted by atomic mass is 35.5. The minimum absolute atomic E-state index is 0.0432. The first-order chi connectivity index (χ1) is 10.5. The summed E-state index contributed by atoms with van der Waals surface area (Å²) in [5.74, 6) is -0.0432. The van der Waals surface area contributed by atoms with E-state index in [0.29, 0.717) is 10.7 Å². The summed E-state index contributed by atoms with van der Waals surface area (Å²) in [6, 6.07) is 15.2. The van der Waals surface area contributed by atoms with Crippen LogP contribution in [0.2, 0.25) is 5.02 Å². The van der Waals surface area contributed by atoms with Gasteiger partial charge in [0.15, 0.2) is 0 Å². The first-order valence-corrected chi connectivity index (χ1v) is 7.66. The zero-order chi connectivity index (χ0) is 16.1. The van der Waals surface area contributed by atoms with E-state index in [4.69, 9.17) is 11.6 Å². The average Bonchev–Trinajstić information content (AvgIpc) is 2.48. The Bertz CT molecular complexity index is 657. The summed E-state index contributed by atoms with van der Waals surface area (Å²) < 4.78 is 0. The van der Waals surface area contributed by atoms with Gasteiger partial charge >= 0.3 is 0 Å². The van der Waals surface area contributed by atoms with Gasteiger partial charge in [0.25, 0.3) is 0 Å². The summed E-state index contributed by atoms with van der Waals surface area (Å²) in [7, 11) is 1.95. The summed E-state index contributed by atoms with van der Waals surface area (Å²) in [5.41, 5.74) is 3.18. The van der Waals surface area contributed by atoms with Crippen LogP contribution in [0.1, 0.15) is 18.1 Å². The van der Waals surface area contributed by atoms with E-state index in [9.17, 15) is 4.79 Å². The third kappa shape index (κ3) is 4.33. The number of hydrogen-bond acceptors (Lipinski definition) is 2. The topological polar surface area (TPSA) is 32.3 Å². The lowest BCUT2D eigenvalue weighted by Gasteiger charge is -2.24. The average molecular weight is 317 g/mol. The van der Waals surface area contributed by atoms with Crippen molar-refractivity contribution in [1.82, 2.24) is 4.90 Å². The van der Waals surface area contributed by atoms with Gasteiger partial charge < -0.3 is 5.32 Å². The van der Waals surface area contributed by atoms with Gasteiger partial charge in [-0.15, -0.1) is 0 Å². The fourth-order valence-corrected chi connectivity index (χ4v) is 2.40. The number of benzene rings is 2. The fourth-order valence-electron chi connectivity index (χ4n) is 2.21. The lowest BCUT2D eigenvalue weighted by molar-refractivity contribution is -0.120. The molecular weight excluding hydrogens is 296 g/mol. The van der Waals surface area contributed by atoms with Crippen molar-refractivity contribution >= 4 is 23.2 Å². The van der Waals surface area contributed by atoms with E-state index >= 15 is 0 Å². The number of hydrogen-bond donors (Lipinski definition) is 1. The molecule has 0 unspecified atom stereocenters.